The fraction of sp³-hybridized carbons (Fsp3) is 0.182. The van der Waals surface area contributed by atoms with Crippen LogP contribution in [-0.4, -0.2) is 16.1 Å². The van der Waals surface area contributed by atoms with Crippen LogP contribution in [-0.2, 0) is 10.3 Å². The lowest BCUT2D eigenvalue weighted by molar-refractivity contribution is -0.143. The van der Waals surface area contributed by atoms with E-state index >= 15 is 0 Å². The fourth-order valence-electron chi connectivity index (χ4n) is 1.47. The molecule has 0 aliphatic carbocycles. The second kappa shape index (κ2) is 3.10. The molecule has 0 fully saturated rings. The van der Waals surface area contributed by atoms with Gasteiger partial charge in [0.2, 0.25) is 0 Å². The third kappa shape index (κ3) is 1.49. The molecule has 15 heavy (non-hydrogen) atoms. The van der Waals surface area contributed by atoms with Crippen molar-refractivity contribution < 1.29 is 9.90 Å². The summed E-state index contributed by atoms with van der Waals surface area (Å²) < 4.78 is 0. The van der Waals surface area contributed by atoms with Gasteiger partial charge in [-0.15, -0.1) is 0 Å². The summed E-state index contributed by atoms with van der Waals surface area (Å²) in [6.45, 7) is 1.47. The molecule has 2 rings (SSSR count). The van der Waals surface area contributed by atoms with Crippen LogP contribution in [0.5, 0.6) is 0 Å². The van der Waals surface area contributed by atoms with E-state index in [4.69, 9.17) is 10.8 Å². The molecule has 0 saturated carbocycles. The van der Waals surface area contributed by atoms with Crippen LogP contribution in [0.3, 0.4) is 0 Å². The van der Waals surface area contributed by atoms with Crippen LogP contribution in [0.25, 0.3) is 10.9 Å². The van der Waals surface area contributed by atoms with Crippen LogP contribution in [0.15, 0.2) is 30.3 Å². The van der Waals surface area contributed by atoms with Crippen molar-refractivity contribution in [1.29, 1.82) is 0 Å². The van der Waals surface area contributed by atoms with Crippen molar-refractivity contribution in [2.24, 2.45) is 5.73 Å². The molecule has 0 bridgehead atoms. The van der Waals surface area contributed by atoms with E-state index in [2.05, 4.69) is 4.98 Å². The second-order valence-electron chi connectivity index (χ2n) is 3.78. The van der Waals surface area contributed by atoms with Crippen LogP contribution in [0.2, 0.25) is 0 Å². The van der Waals surface area contributed by atoms with E-state index in [1.54, 1.807) is 6.07 Å². The average Bonchev–Trinajstić information content (AvgIpc) is 2.61. The molecule has 0 aliphatic rings. The van der Waals surface area contributed by atoms with Crippen LogP contribution >= 0.6 is 0 Å². The first kappa shape index (κ1) is 9.73. The first-order valence-electron chi connectivity index (χ1n) is 4.62. The van der Waals surface area contributed by atoms with Gasteiger partial charge in [-0.05, 0) is 24.4 Å². The number of aliphatic carboxylic acids is 1. The Bertz CT molecular complexity index is 481. The molecular formula is C11H12N2O2. The molecule has 2 aromatic rings. The molecule has 1 atom stereocenters. The van der Waals surface area contributed by atoms with Gasteiger partial charge in [0.25, 0.3) is 0 Å². The van der Waals surface area contributed by atoms with Gasteiger partial charge in [-0.3, -0.25) is 0 Å². The highest BCUT2D eigenvalue weighted by atomic mass is 16.4. The zero-order valence-electron chi connectivity index (χ0n) is 8.32. The monoisotopic (exact) mass is 204 g/mol. The Hall–Kier alpha value is -1.81. The number of nitrogens with one attached hydrogen (secondary N) is 1. The predicted molar refractivity (Wildman–Crippen MR) is 57.5 cm³/mol. The van der Waals surface area contributed by atoms with Crippen molar-refractivity contribution in [3.63, 3.8) is 0 Å². The minimum atomic E-state index is -1.38. The summed E-state index contributed by atoms with van der Waals surface area (Å²) in [6.07, 6.45) is 0. The summed E-state index contributed by atoms with van der Waals surface area (Å²) in [7, 11) is 0. The van der Waals surface area contributed by atoms with Gasteiger partial charge in [0.05, 0.1) is 0 Å². The van der Waals surface area contributed by atoms with Gasteiger partial charge in [-0.1, -0.05) is 18.2 Å². The van der Waals surface area contributed by atoms with Crippen molar-refractivity contribution in [1.82, 2.24) is 4.98 Å². The standard InChI is InChI=1S/C11H12N2O2/c1-11(12,10(14)15)9-6-7-4-2-3-5-8(7)13-9/h2-6,13H,12H2,1H3,(H,14,15). The maximum atomic E-state index is 11.0. The third-order valence-corrected chi connectivity index (χ3v) is 2.53. The number of para-hydroxylation sites is 1. The maximum absolute atomic E-state index is 11.0. The van der Waals surface area contributed by atoms with Crippen LogP contribution in [0.1, 0.15) is 12.6 Å². The highest BCUT2D eigenvalue weighted by molar-refractivity contribution is 5.85. The number of nitrogens with two attached hydrogens (primary N) is 1. The number of carbonyl (C=O) groups is 1. The normalized spacial score (nSPS) is 15.1. The topological polar surface area (TPSA) is 79.1 Å². The largest absolute Gasteiger partial charge is 0.480 e. The Morgan fingerprint density at radius 1 is 1.47 bits per heavy atom. The first-order chi connectivity index (χ1) is 7.01. The summed E-state index contributed by atoms with van der Waals surface area (Å²) in [5.74, 6) is -1.05. The summed E-state index contributed by atoms with van der Waals surface area (Å²) in [5.41, 5.74) is 5.74. The zero-order valence-corrected chi connectivity index (χ0v) is 8.32. The molecule has 1 heterocycles. The Balaban J connectivity index is 2.58. The molecule has 0 aliphatic heterocycles. The number of hydrogen-bond acceptors (Lipinski definition) is 2. The third-order valence-electron chi connectivity index (χ3n) is 2.53. The Labute approximate surface area is 86.7 Å². The number of benzene rings is 1. The van der Waals surface area contributed by atoms with Crippen molar-refractivity contribution in [2.75, 3.05) is 0 Å². The predicted octanol–water partition coefficient (Wildman–Crippen LogP) is 1.43. The van der Waals surface area contributed by atoms with Crippen LogP contribution in [0, 0.1) is 0 Å². The molecule has 1 unspecified atom stereocenters. The highest BCUT2D eigenvalue weighted by Crippen LogP contribution is 2.22. The smallest absolute Gasteiger partial charge is 0.329 e. The van der Waals surface area contributed by atoms with Crippen LogP contribution < -0.4 is 5.73 Å². The molecule has 4 N–H and O–H groups in total. The molecule has 0 amide bonds. The maximum Gasteiger partial charge on any atom is 0.329 e. The summed E-state index contributed by atoms with van der Waals surface area (Å²) >= 11 is 0. The molecule has 1 aromatic heterocycles. The molecule has 4 nitrogen and oxygen atoms in total. The van der Waals surface area contributed by atoms with E-state index in [1.807, 2.05) is 24.3 Å². The van der Waals surface area contributed by atoms with E-state index in [-0.39, 0.29) is 0 Å². The summed E-state index contributed by atoms with van der Waals surface area (Å²) in [4.78, 5) is 14.0. The van der Waals surface area contributed by atoms with Gasteiger partial charge in [0, 0.05) is 11.2 Å². The molecule has 0 saturated heterocycles. The number of carboxylic acid groups (broad SMARTS) is 1. The van der Waals surface area contributed by atoms with Gasteiger partial charge in [0.1, 0.15) is 0 Å². The number of H-pyrrole nitrogens is 1. The molecule has 1 aromatic carbocycles. The molecule has 0 radical (unpaired) electrons. The number of aromatic amines is 1. The average molecular weight is 204 g/mol. The van der Waals surface area contributed by atoms with E-state index in [1.165, 1.54) is 6.92 Å². The van der Waals surface area contributed by atoms with Gasteiger partial charge in [-0.25, -0.2) is 4.79 Å². The summed E-state index contributed by atoms with van der Waals surface area (Å²) in [5, 5.41) is 9.94. The van der Waals surface area contributed by atoms with Gasteiger partial charge in [0.15, 0.2) is 5.54 Å². The second-order valence-corrected chi connectivity index (χ2v) is 3.78. The number of hydrogen-bond donors (Lipinski definition) is 3. The van der Waals surface area contributed by atoms with Crippen molar-refractivity contribution in [2.45, 2.75) is 12.5 Å². The van der Waals surface area contributed by atoms with E-state index < -0.39 is 11.5 Å². The highest BCUT2D eigenvalue weighted by Gasteiger charge is 2.31. The number of carboxylic acids is 1. The van der Waals surface area contributed by atoms with Crippen LogP contribution in [0.4, 0.5) is 0 Å². The van der Waals surface area contributed by atoms with Gasteiger partial charge >= 0.3 is 5.97 Å². The van der Waals surface area contributed by atoms with E-state index in [0.29, 0.717) is 5.69 Å². The quantitative estimate of drug-likeness (QED) is 0.692. The van der Waals surface area contributed by atoms with Crippen molar-refractivity contribution in [3.05, 3.63) is 36.0 Å². The van der Waals surface area contributed by atoms with E-state index in [9.17, 15) is 4.79 Å². The Kier molecular flexibility index (Phi) is 2.01. The molecular weight excluding hydrogens is 192 g/mol. The number of rotatable bonds is 2. The Morgan fingerprint density at radius 2 is 2.13 bits per heavy atom. The minimum Gasteiger partial charge on any atom is -0.480 e. The van der Waals surface area contributed by atoms with Gasteiger partial charge in [-0.2, -0.15) is 0 Å². The SMILES string of the molecule is CC(N)(C(=O)O)c1cc2ccccc2[nH]1. The lowest BCUT2D eigenvalue weighted by atomic mass is 10.00. The lowest BCUT2D eigenvalue weighted by Crippen LogP contribution is -2.41. The Morgan fingerprint density at radius 3 is 2.73 bits per heavy atom. The summed E-state index contributed by atoms with van der Waals surface area (Å²) in [6, 6.07) is 9.35. The number of aromatic nitrogens is 1. The fourth-order valence-corrected chi connectivity index (χ4v) is 1.47. The lowest BCUT2D eigenvalue weighted by Gasteiger charge is -2.16. The van der Waals surface area contributed by atoms with Gasteiger partial charge < -0.3 is 15.8 Å². The van der Waals surface area contributed by atoms with E-state index in [0.717, 1.165) is 10.9 Å². The number of fused-ring (bicyclic) bond motifs is 1. The molecule has 0 spiro atoms. The van der Waals surface area contributed by atoms with Crippen molar-refractivity contribution in [3.8, 4) is 0 Å². The van der Waals surface area contributed by atoms with Crippen molar-refractivity contribution >= 4 is 16.9 Å². The molecule has 4 heteroatoms. The minimum absolute atomic E-state index is 0.510. The zero-order chi connectivity index (χ0) is 11.1. The first-order valence-corrected chi connectivity index (χ1v) is 4.62. The molecule has 78 valence electrons.